The van der Waals surface area contributed by atoms with Crippen molar-refractivity contribution in [3.05, 3.63) is 132 Å². The van der Waals surface area contributed by atoms with Crippen LogP contribution in [0.15, 0.2) is 121 Å². The largest absolute Gasteiger partial charge is 0.164 e. The van der Waals surface area contributed by atoms with E-state index in [9.17, 15) is 0 Å². The molecule has 6 rings (SSSR count). The van der Waals surface area contributed by atoms with E-state index in [1.54, 1.807) is 0 Å². The Hall–Kier alpha value is -0.368. The molecular weight excluding hydrogens is 773 g/mol. The van der Waals surface area contributed by atoms with Gasteiger partial charge in [0.1, 0.15) is 0 Å². The number of hydrogen-bond donors (Lipinski definition) is 0. The molecule has 0 fully saturated rings. The minimum Gasteiger partial charge on any atom is -0.164 e. The van der Waals surface area contributed by atoms with Crippen LogP contribution in [-0.4, -0.2) is 0 Å². The first-order chi connectivity index (χ1) is 16.8. The van der Waals surface area contributed by atoms with Gasteiger partial charge in [0.25, 0.3) is 0 Å². The summed E-state index contributed by atoms with van der Waals surface area (Å²) in [7, 11) is 0. The Balaban J connectivity index is 0.000000344. The monoisotopic (exact) mass is 798 g/mol. The van der Waals surface area contributed by atoms with E-state index in [2.05, 4.69) is 135 Å². The van der Waals surface area contributed by atoms with Crippen LogP contribution in [0.5, 0.6) is 0 Å². The van der Waals surface area contributed by atoms with Gasteiger partial charge in [0.05, 0.1) is 0 Å². The summed E-state index contributed by atoms with van der Waals surface area (Å²) in [5, 5.41) is 5.44. The Morgan fingerprint density at radius 2 is 0.816 bits per heavy atom. The van der Waals surface area contributed by atoms with Crippen LogP contribution in [0.2, 0.25) is 0 Å². The van der Waals surface area contributed by atoms with Crippen molar-refractivity contribution in [1.82, 2.24) is 0 Å². The zero-order chi connectivity index (χ0) is 23.3. The maximum absolute atomic E-state index is 2.32. The van der Waals surface area contributed by atoms with E-state index < -0.39 is 0 Å². The molecule has 0 spiro atoms. The van der Waals surface area contributed by atoms with Gasteiger partial charge in [-0.25, -0.2) is 0 Å². The molecule has 0 N–H and O–H groups in total. The standard InChI is InChI=1S/2C17H15.4Zr/c2*1-2-13-11-15-9-6-10-16(17(15)12-13)14-7-4-3-5-8-14;;;;/h2*3-12H,2H2,1H3;;;;/q2*-1;;;;. The minimum absolute atomic E-state index is 0. The van der Waals surface area contributed by atoms with Crippen LogP contribution in [0.3, 0.4) is 0 Å². The van der Waals surface area contributed by atoms with E-state index in [-0.39, 0.29) is 105 Å². The molecule has 0 bridgehead atoms. The number of aryl methyl sites for hydroxylation is 2. The van der Waals surface area contributed by atoms with Crippen LogP contribution < -0.4 is 0 Å². The van der Waals surface area contributed by atoms with Crippen molar-refractivity contribution >= 4 is 21.5 Å². The Morgan fingerprint density at radius 1 is 0.447 bits per heavy atom. The van der Waals surface area contributed by atoms with Crippen molar-refractivity contribution in [3.63, 3.8) is 0 Å². The molecule has 0 aliphatic rings. The summed E-state index contributed by atoms with van der Waals surface area (Å²) in [6.45, 7) is 4.41. The zero-order valence-electron chi connectivity index (χ0n) is 22.0. The van der Waals surface area contributed by atoms with Crippen molar-refractivity contribution in [1.29, 1.82) is 0 Å². The van der Waals surface area contributed by atoms with Crippen LogP contribution in [0.1, 0.15) is 25.0 Å². The van der Waals surface area contributed by atoms with Crippen molar-refractivity contribution in [2.75, 3.05) is 0 Å². The van der Waals surface area contributed by atoms with Gasteiger partial charge in [0.2, 0.25) is 0 Å². The van der Waals surface area contributed by atoms with Gasteiger partial charge in [-0.1, -0.05) is 97.8 Å². The number of hydrogen-bond acceptors (Lipinski definition) is 0. The predicted molar refractivity (Wildman–Crippen MR) is 149 cm³/mol. The summed E-state index contributed by atoms with van der Waals surface area (Å²) in [6, 6.07) is 43.5. The quantitative estimate of drug-likeness (QED) is 0.156. The van der Waals surface area contributed by atoms with E-state index in [4.69, 9.17) is 0 Å². The molecule has 0 saturated heterocycles. The fraction of sp³-hybridized carbons (Fsp3) is 0.118. The van der Waals surface area contributed by atoms with Crippen LogP contribution >= 0.6 is 0 Å². The molecule has 38 heavy (non-hydrogen) atoms. The Morgan fingerprint density at radius 3 is 1.16 bits per heavy atom. The molecule has 6 aromatic carbocycles. The summed E-state index contributed by atoms with van der Waals surface area (Å²) in [5.41, 5.74) is 8.11. The number of benzene rings is 4. The van der Waals surface area contributed by atoms with E-state index in [0.29, 0.717) is 0 Å². The molecule has 0 aliphatic heterocycles. The molecule has 6 aromatic rings. The Labute approximate surface area is 303 Å². The second kappa shape index (κ2) is 17.4. The third-order valence-corrected chi connectivity index (χ3v) is 6.61. The van der Waals surface area contributed by atoms with E-state index >= 15 is 0 Å². The minimum atomic E-state index is 0. The molecule has 0 unspecified atom stereocenters. The molecular formula is C34H30Zr4-2. The molecule has 0 radical (unpaired) electrons. The normalized spacial score (nSPS) is 9.74. The molecule has 0 aromatic heterocycles. The zero-order valence-corrected chi connectivity index (χ0v) is 31.8. The first kappa shape index (κ1) is 35.7. The maximum atomic E-state index is 2.32. The van der Waals surface area contributed by atoms with Crippen molar-refractivity contribution in [2.45, 2.75) is 26.7 Å². The molecule has 0 amide bonds. The second-order valence-corrected chi connectivity index (χ2v) is 8.78. The first-order valence-corrected chi connectivity index (χ1v) is 12.2. The Kier molecular flexibility index (Phi) is 16.4. The van der Waals surface area contributed by atoms with Gasteiger partial charge in [-0.3, -0.25) is 0 Å². The van der Waals surface area contributed by atoms with Gasteiger partial charge in [-0.15, -0.1) is 69.1 Å². The molecule has 0 atom stereocenters. The van der Waals surface area contributed by atoms with Gasteiger partial charge in [0.15, 0.2) is 0 Å². The van der Waals surface area contributed by atoms with Gasteiger partial charge in [-0.2, -0.15) is 12.1 Å². The second-order valence-electron chi connectivity index (χ2n) is 8.78. The molecule has 184 valence electrons. The average Bonchev–Trinajstić information content (AvgIpc) is 3.53. The van der Waals surface area contributed by atoms with E-state index in [1.807, 2.05) is 0 Å². The number of fused-ring (bicyclic) bond motifs is 2. The fourth-order valence-electron chi connectivity index (χ4n) is 4.74. The number of rotatable bonds is 4. The van der Waals surface area contributed by atoms with Crippen LogP contribution in [0, 0.1) is 0 Å². The molecule has 0 heterocycles. The van der Waals surface area contributed by atoms with Gasteiger partial charge < -0.3 is 0 Å². The molecule has 0 nitrogen and oxygen atoms in total. The van der Waals surface area contributed by atoms with Crippen LogP contribution in [-0.2, 0) is 118 Å². The van der Waals surface area contributed by atoms with Crippen LogP contribution in [0.4, 0.5) is 0 Å². The summed E-state index contributed by atoms with van der Waals surface area (Å²) >= 11 is 0. The topological polar surface area (TPSA) is 0 Å². The van der Waals surface area contributed by atoms with Crippen molar-refractivity contribution in [2.24, 2.45) is 0 Å². The summed E-state index contributed by atoms with van der Waals surface area (Å²) < 4.78 is 0. The van der Waals surface area contributed by atoms with Crippen LogP contribution in [0.25, 0.3) is 43.8 Å². The molecule has 0 aliphatic carbocycles. The smallest absolute Gasteiger partial charge is 0 e. The van der Waals surface area contributed by atoms with Crippen molar-refractivity contribution in [3.8, 4) is 22.3 Å². The molecule has 0 saturated carbocycles. The van der Waals surface area contributed by atoms with Crippen molar-refractivity contribution < 1.29 is 105 Å². The van der Waals surface area contributed by atoms with E-state index in [1.165, 1.54) is 54.9 Å². The summed E-state index contributed by atoms with van der Waals surface area (Å²) in [5.74, 6) is 0. The third-order valence-electron chi connectivity index (χ3n) is 6.61. The SMILES string of the molecule is CCc1cc2c(-c3ccccc3)cccc2[cH-]1.CCc1cc2c(-c3ccccc3)cccc2[cH-]1.[Zr].[Zr].[Zr].[Zr]. The first-order valence-electron chi connectivity index (χ1n) is 12.2. The third kappa shape index (κ3) is 8.33. The maximum Gasteiger partial charge on any atom is 0 e. The van der Waals surface area contributed by atoms with Gasteiger partial charge in [-0.05, 0) is 24.0 Å². The van der Waals surface area contributed by atoms with E-state index in [0.717, 1.165) is 12.8 Å². The molecule has 4 heteroatoms. The Bertz CT molecular complexity index is 1390. The fourth-order valence-corrected chi connectivity index (χ4v) is 4.74. The summed E-state index contributed by atoms with van der Waals surface area (Å²) in [6.07, 6.45) is 2.20. The summed E-state index contributed by atoms with van der Waals surface area (Å²) in [4.78, 5) is 0. The predicted octanol–water partition coefficient (Wildman–Crippen LogP) is 9.57. The van der Waals surface area contributed by atoms with Gasteiger partial charge in [0, 0.05) is 105 Å². The average molecular weight is 804 g/mol. The van der Waals surface area contributed by atoms with Gasteiger partial charge >= 0.3 is 0 Å².